The van der Waals surface area contributed by atoms with Crippen LogP contribution >= 0.6 is 0 Å². The van der Waals surface area contributed by atoms with Crippen molar-refractivity contribution in [3.8, 4) is 5.75 Å². The number of anilines is 2. The molecule has 2 aliphatic rings. The van der Waals surface area contributed by atoms with Gasteiger partial charge in [-0.25, -0.2) is 8.42 Å². The van der Waals surface area contributed by atoms with E-state index in [-0.39, 0.29) is 29.3 Å². The van der Waals surface area contributed by atoms with Gasteiger partial charge in [-0.1, -0.05) is 6.42 Å². The summed E-state index contributed by atoms with van der Waals surface area (Å²) in [6.45, 7) is 1.66. The standard InChI is InChI=1S/C24H29N3O5S/c1-16-13-18-14-21(11-12-22(18)27(16)24(29)17-5-4-6-17)33(30,31)26(2)15-23(28)25-19-7-9-20(32-3)10-8-19/h7-12,14,16-17H,4-6,13,15H2,1-3H3,(H,25,28). The van der Waals surface area contributed by atoms with Crippen LogP contribution in [0.5, 0.6) is 5.75 Å². The SMILES string of the molecule is COc1ccc(NC(=O)CN(C)S(=O)(=O)c2ccc3c(c2)CC(C)N3C(=O)C2CCC2)cc1. The molecule has 0 saturated heterocycles. The Hall–Kier alpha value is -2.91. The maximum Gasteiger partial charge on any atom is 0.243 e. The topological polar surface area (TPSA) is 96.0 Å². The van der Waals surface area contributed by atoms with Crippen molar-refractivity contribution in [2.75, 3.05) is 30.9 Å². The second-order valence-corrected chi connectivity index (χ2v) is 10.8. The summed E-state index contributed by atoms with van der Waals surface area (Å²) in [6.07, 6.45) is 3.54. The van der Waals surface area contributed by atoms with Gasteiger partial charge in [0.1, 0.15) is 5.75 Å². The number of ether oxygens (including phenoxy) is 1. The van der Waals surface area contributed by atoms with Gasteiger partial charge in [-0.15, -0.1) is 0 Å². The summed E-state index contributed by atoms with van der Waals surface area (Å²) in [7, 11) is -0.942. The highest BCUT2D eigenvalue weighted by Crippen LogP contribution is 2.38. The fourth-order valence-electron chi connectivity index (χ4n) is 4.30. The zero-order valence-electron chi connectivity index (χ0n) is 19.1. The molecule has 8 nitrogen and oxygen atoms in total. The summed E-state index contributed by atoms with van der Waals surface area (Å²) in [5.41, 5.74) is 2.18. The third-order valence-electron chi connectivity index (χ3n) is 6.41. The molecule has 0 aromatic heterocycles. The number of benzene rings is 2. The molecule has 1 fully saturated rings. The summed E-state index contributed by atoms with van der Waals surface area (Å²) in [5.74, 6) is 0.428. The summed E-state index contributed by atoms with van der Waals surface area (Å²) < 4.78 is 32.3. The van der Waals surface area contributed by atoms with E-state index < -0.39 is 15.9 Å². The predicted octanol–water partition coefficient (Wildman–Crippen LogP) is 3.03. The van der Waals surface area contributed by atoms with E-state index in [4.69, 9.17) is 4.74 Å². The van der Waals surface area contributed by atoms with Crippen molar-refractivity contribution in [1.82, 2.24) is 4.31 Å². The minimum absolute atomic E-state index is 0.000872. The van der Waals surface area contributed by atoms with Crippen molar-refractivity contribution in [3.63, 3.8) is 0 Å². The molecule has 1 N–H and O–H groups in total. The second kappa shape index (κ2) is 9.15. The van der Waals surface area contributed by atoms with Gasteiger partial charge in [-0.05, 0) is 74.2 Å². The Morgan fingerprint density at radius 2 is 1.85 bits per heavy atom. The predicted molar refractivity (Wildman–Crippen MR) is 126 cm³/mol. The number of amides is 2. The fourth-order valence-corrected chi connectivity index (χ4v) is 5.48. The molecule has 1 heterocycles. The number of rotatable bonds is 7. The molecule has 4 rings (SSSR count). The number of sulfonamides is 1. The highest BCUT2D eigenvalue weighted by Gasteiger charge is 2.37. The molecular weight excluding hydrogens is 442 g/mol. The van der Waals surface area contributed by atoms with Gasteiger partial charge in [0.25, 0.3) is 0 Å². The number of nitrogens with zero attached hydrogens (tertiary/aromatic N) is 2. The van der Waals surface area contributed by atoms with E-state index in [1.165, 1.54) is 13.1 Å². The number of fused-ring (bicyclic) bond motifs is 1. The maximum absolute atomic E-state index is 13.1. The number of methoxy groups -OCH3 is 1. The van der Waals surface area contributed by atoms with Crippen LogP contribution < -0.4 is 15.0 Å². The monoisotopic (exact) mass is 471 g/mol. The molecule has 9 heteroatoms. The molecule has 2 aromatic carbocycles. The van der Waals surface area contributed by atoms with Crippen LogP contribution in [-0.2, 0) is 26.0 Å². The molecule has 0 bridgehead atoms. The fraction of sp³-hybridized carbons (Fsp3) is 0.417. The van der Waals surface area contributed by atoms with Crippen LogP contribution in [0.2, 0.25) is 0 Å². The zero-order chi connectivity index (χ0) is 23.8. The van der Waals surface area contributed by atoms with Gasteiger partial charge in [0.15, 0.2) is 0 Å². The van der Waals surface area contributed by atoms with Crippen LogP contribution in [0.3, 0.4) is 0 Å². The van der Waals surface area contributed by atoms with E-state index in [2.05, 4.69) is 5.32 Å². The summed E-state index contributed by atoms with van der Waals surface area (Å²) in [4.78, 5) is 27.2. The van der Waals surface area contributed by atoms with Crippen LogP contribution in [0.25, 0.3) is 0 Å². The Balaban J connectivity index is 1.46. The molecular formula is C24H29N3O5S. The van der Waals surface area contributed by atoms with Crippen molar-refractivity contribution in [2.45, 2.75) is 43.5 Å². The first kappa shape index (κ1) is 23.3. The molecule has 33 heavy (non-hydrogen) atoms. The molecule has 1 saturated carbocycles. The van der Waals surface area contributed by atoms with Crippen LogP contribution in [-0.4, -0.2) is 51.3 Å². The molecule has 2 aromatic rings. The molecule has 1 atom stereocenters. The smallest absolute Gasteiger partial charge is 0.243 e. The van der Waals surface area contributed by atoms with Gasteiger partial charge in [0, 0.05) is 30.4 Å². The van der Waals surface area contributed by atoms with Gasteiger partial charge in [0.05, 0.1) is 18.6 Å². The molecule has 1 aliphatic carbocycles. The first-order chi connectivity index (χ1) is 15.7. The van der Waals surface area contributed by atoms with E-state index in [0.29, 0.717) is 17.9 Å². The number of likely N-dealkylation sites (N-methyl/N-ethyl adjacent to an activating group) is 1. The van der Waals surface area contributed by atoms with Gasteiger partial charge < -0.3 is 15.0 Å². The van der Waals surface area contributed by atoms with E-state index in [1.54, 1.807) is 43.5 Å². The van der Waals surface area contributed by atoms with Crippen molar-refractivity contribution < 1.29 is 22.7 Å². The average Bonchev–Trinajstić information content (AvgIpc) is 3.07. The van der Waals surface area contributed by atoms with E-state index in [9.17, 15) is 18.0 Å². The summed E-state index contributed by atoms with van der Waals surface area (Å²) in [5, 5.41) is 2.69. The van der Waals surface area contributed by atoms with Crippen LogP contribution in [0.4, 0.5) is 11.4 Å². The van der Waals surface area contributed by atoms with Gasteiger partial charge in [-0.3, -0.25) is 9.59 Å². The van der Waals surface area contributed by atoms with Gasteiger partial charge >= 0.3 is 0 Å². The highest BCUT2D eigenvalue weighted by molar-refractivity contribution is 7.89. The largest absolute Gasteiger partial charge is 0.497 e. The average molecular weight is 472 g/mol. The number of hydrogen-bond acceptors (Lipinski definition) is 5. The van der Waals surface area contributed by atoms with Crippen LogP contribution in [0.15, 0.2) is 47.4 Å². The summed E-state index contributed by atoms with van der Waals surface area (Å²) in [6, 6.07) is 11.7. The van der Waals surface area contributed by atoms with E-state index >= 15 is 0 Å². The number of carbonyl (C=O) groups is 2. The van der Waals surface area contributed by atoms with Crippen molar-refractivity contribution >= 4 is 33.2 Å². The molecule has 176 valence electrons. The van der Waals surface area contributed by atoms with Crippen molar-refractivity contribution in [2.24, 2.45) is 5.92 Å². The number of nitrogens with one attached hydrogen (secondary N) is 1. The molecule has 1 unspecified atom stereocenters. The van der Waals surface area contributed by atoms with Gasteiger partial charge in [-0.2, -0.15) is 4.31 Å². The van der Waals surface area contributed by atoms with E-state index in [1.807, 2.05) is 11.8 Å². The molecule has 0 spiro atoms. The zero-order valence-corrected chi connectivity index (χ0v) is 19.9. The first-order valence-corrected chi connectivity index (χ1v) is 12.5. The minimum atomic E-state index is -3.87. The van der Waals surface area contributed by atoms with Crippen LogP contribution in [0.1, 0.15) is 31.7 Å². The van der Waals surface area contributed by atoms with Gasteiger partial charge in [0.2, 0.25) is 21.8 Å². The second-order valence-electron chi connectivity index (χ2n) is 8.72. The Labute approximate surface area is 194 Å². The maximum atomic E-state index is 13.1. The number of hydrogen-bond donors (Lipinski definition) is 1. The molecule has 0 radical (unpaired) electrons. The first-order valence-electron chi connectivity index (χ1n) is 11.1. The lowest BCUT2D eigenvalue weighted by Gasteiger charge is -2.32. The van der Waals surface area contributed by atoms with Crippen LogP contribution in [0, 0.1) is 5.92 Å². The molecule has 1 aliphatic heterocycles. The Bertz CT molecular complexity index is 1160. The Morgan fingerprint density at radius 1 is 1.15 bits per heavy atom. The number of carbonyl (C=O) groups excluding carboxylic acids is 2. The third-order valence-corrected chi connectivity index (χ3v) is 8.21. The molecule has 2 amide bonds. The van der Waals surface area contributed by atoms with Crippen molar-refractivity contribution in [3.05, 3.63) is 48.0 Å². The lowest BCUT2D eigenvalue weighted by molar-refractivity contribution is -0.125. The van der Waals surface area contributed by atoms with Crippen molar-refractivity contribution in [1.29, 1.82) is 0 Å². The summed E-state index contributed by atoms with van der Waals surface area (Å²) >= 11 is 0. The highest BCUT2D eigenvalue weighted by atomic mass is 32.2. The Morgan fingerprint density at radius 3 is 2.45 bits per heavy atom. The van der Waals surface area contributed by atoms with E-state index in [0.717, 1.165) is 34.8 Å². The Kier molecular flexibility index (Phi) is 6.45. The minimum Gasteiger partial charge on any atom is -0.497 e. The lowest BCUT2D eigenvalue weighted by atomic mass is 9.84. The quantitative estimate of drug-likeness (QED) is 0.670. The normalized spacial score (nSPS) is 18.1. The third kappa shape index (κ3) is 4.60. The lowest BCUT2D eigenvalue weighted by Crippen LogP contribution is -2.42.